The first kappa shape index (κ1) is 12.2. The third kappa shape index (κ3) is 3.38. The van der Waals surface area contributed by atoms with Crippen LogP contribution in [0.15, 0.2) is 34.5 Å². The Labute approximate surface area is 96.1 Å². The van der Waals surface area contributed by atoms with Gasteiger partial charge >= 0.3 is 0 Å². The van der Waals surface area contributed by atoms with E-state index in [9.17, 15) is 0 Å². The number of nitrogens with zero attached hydrogens (tertiary/aromatic N) is 2. The maximum atomic E-state index is 5.20. The highest BCUT2D eigenvalue weighted by Crippen LogP contribution is 2.15. The highest BCUT2D eigenvalue weighted by Gasteiger charge is 2.00. The number of hydrogen-bond donors (Lipinski definition) is 2. The summed E-state index contributed by atoms with van der Waals surface area (Å²) in [5, 5.41) is 7.54. The molecule has 4 N–H and O–H groups in total. The highest BCUT2D eigenvalue weighted by atomic mass is 15.3. The van der Waals surface area contributed by atoms with Crippen LogP contribution in [0.25, 0.3) is 0 Å². The quantitative estimate of drug-likeness (QED) is 0.461. The molecule has 1 aromatic carbocycles. The molecule has 0 amide bonds. The Hall–Kier alpha value is -1.84. The number of hydrogen-bond acceptors (Lipinski definition) is 2. The Morgan fingerprint density at radius 1 is 1.06 bits per heavy atom. The van der Waals surface area contributed by atoms with Crippen LogP contribution in [0.2, 0.25) is 0 Å². The summed E-state index contributed by atoms with van der Waals surface area (Å²) < 4.78 is 0. The van der Waals surface area contributed by atoms with Gasteiger partial charge in [0.15, 0.2) is 0 Å². The molecule has 0 bridgehead atoms. The van der Waals surface area contributed by atoms with Gasteiger partial charge in [-0.1, -0.05) is 38.1 Å². The van der Waals surface area contributed by atoms with E-state index in [2.05, 4.69) is 36.2 Å². The van der Waals surface area contributed by atoms with Gasteiger partial charge in [0.05, 0.1) is 5.71 Å². The lowest BCUT2D eigenvalue weighted by Gasteiger charge is -2.05. The Balaban J connectivity index is 2.90. The van der Waals surface area contributed by atoms with Gasteiger partial charge in [0, 0.05) is 0 Å². The van der Waals surface area contributed by atoms with Crippen LogP contribution in [0.4, 0.5) is 0 Å². The van der Waals surface area contributed by atoms with Crippen molar-refractivity contribution in [1.82, 2.24) is 0 Å². The third-order valence-electron chi connectivity index (χ3n) is 2.31. The Morgan fingerprint density at radius 2 is 1.62 bits per heavy atom. The molecule has 0 aliphatic heterocycles. The summed E-state index contributed by atoms with van der Waals surface area (Å²) in [5.41, 5.74) is 13.5. The molecule has 1 aromatic rings. The molecule has 16 heavy (non-hydrogen) atoms. The number of benzene rings is 1. The molecule has 0 aromatic heterocycles. The topological polar surface area (TPSA) is 76.8 Å². The van der Waals surface area contributed by atoms with Crippen molar-refractivity contribution in [3.63, 3.8) is 0 Å². The number of nitrogens with two attached hydrogens (primary N) is 2. The van der Waals surface area contributed by atoms with Crippen molar-refractivity contribution >= 4 is 11.7 Å². The maximum absolute atomic E-state index is 5.20. The molecule has 0 heterocycles. The monoisotopic (exact) mass is 218 g/mol. The van der Waals surface area contributed by atoms with Crippen LogP contribution in [0, 0.1) is 0 Å². The van der Waals surface area contributed by atoms with Gasteiger partial charge in [-0.05, 0) is 24.0 Å². The van der Waals surface area contributed by atoms with E-state index in [-0.39, 0.29) is 5.96 Å². The molecular weight excluding hydrogens is 200 g/mol. The average Bonchev–Trinajstić information content (AvgIpc) is 2.26. The van der Waals surface area contributed by atoms with Gasteiger partial charge in [-0.2, -0.15) is 5.10 Å². The summed E-state index contributed by atoms with van der Waals surface area (Å²) in [7, 11) is 0. The standard InChI is InChI=1S/C12H18N4/c1-8(2)10-4-6-11(7-5-10)9(3)15-16-12(13)14/h4-8H,1-3H3,(H4,13,14,16)/b15-9-. The van der Waals surface area contributed by atoms with Crippen molar-refractivity contribution < 1.29 is 0 Å². The lowest BCUT2D eigenvalue weighted by molar-refractivity contribution is 0.866. The first-order valence-electron chi connectivity index (χ1n) is 5.24. The fourth-order valence-corrected chi connectivity index (χ4v) is 1.30. The van der Waals surface area contributed by atoms with Gasteiger partial charge in [0.25, 0.3) is 0 Å². The smallest absolute Gasteiger partial charge is 0.211 e. The van der Waals surface area contributed by atoms with Crippen LogP contribution < -0.4 is 11.5 Å². The second kappa shape index (κ2) is 5.30. The largest absolute Gasteiger partial charge is 0.369 e. The van der Waals surface area contributed by atoms with Gasteiger partial charge in [0.2, 0.25) is 5.96 Å². The van der Waals surface area contributed by atoms with E-state index < -0.39 is 0 Å². The minimum atomic E-state index is -0.0295. The molecule has 0 saturated heterocycles. The minimum absolute atomic E-state index is 0.0295. The molecule has 0 unspecified atom stereocenters. The van der Waals surface area contributed by atoms with E-state index in [4.69, 9.17) is 11.5 Å². The van der Waals surface area contributed by atoms with Gasteiger partial charge < -0.3 is 11.5 Å². The predicted molar refractivity (Wildman–Crippen MR) is 68.6 cm³/mol. The van der Waals surface area contributed by atoms with E-state index >= 15 is 0 Å². The van der Waals surface area contributed by atoms with Crippen molar-refractivity contribution in [2.75, 3.05) is 0 Å². The molecule has 86 valence electrons. The summed E-state index contributed by atoms with van der Waals surface area (Å²) in [6.07, 6.45) is 0. The van der Waals surface area contributed by atoms with Crippen molar-refractivity contribution in [2.24, 2.45) is 21.7 Å². The number of guanidine groups is 1. The van der Waals surface area contributed by atoms with Crippen molar-refractivity contribution in [2.45, 2.75) is 26.7 Å². The Kier molecular flexibility index (Phi) is 4.05. The summed E-state index contributed by atoms with van der Waals surface area (Å²) in [4.78, 5) is 0. The molecule has 0 fully saturated rings. The average molecular weight is 218 g/mol. The molecular formula is C12H18N4. The van der Waals surface area contributed by atoms with E-state index in [1.54, 1.807) is 0 Å². The first-order valence-corrected chi connectivity index (χ1v) is 5.24. The van der Waals surface area contributed by atoms with Gasteiger partial charge in [-0.15, -0.1) is 5.10 Å². The summed E-state index contributed by atoms with van der Waals surface area (Å²) >= 11 is 0. The molecule has 0 saturated carbocycles. The molecule has 0 aliphatic rings. The predicted octanol–water partition coefficient (Wildman–Crippen LogP) is 1.81. The van der Waals surface area contributed by atoms with Crippen LogP contribution in [0.1, 0.15) is 37.8 Å². The Bertz CT molecular complexity index is 398. The lowest BCUT2D eigenvalue weighted by atomic mass is 10.0. The van der Waals surface area contributed by atoms with Gasteiger partial charge in [0.1, 0.15) is 0 Å². The second-order valence-electron chi connectivity index (χ2n) is 3.99. The molecule has 0 radical (unpaired) electrons. The maximum Gasteiger partial charge on any atom is 0.211 e. The Morgan fingerprint density at radius 3 is 2.06 bits per heavy atom. The third-order valence-corrected chi connectivity index (χ3v) is 2.31. The second-order valence-corrected chi connectivity index (χ2v) is 3.99. The van der Waals surface area contributed by atoms with E-state index in [1.807, 2.05) is 19.1 Å². The highest BCUT2D eigenvalue weighted by molar-refractivity contribution is 5.99. The van der Waals surface area contributed by atoms with Gasteiger partial charge in [-0.3, -0.25) is 0 Å². The van der Waals surface area contributed by atoms with Crippen LogP contribution in [0.3, 0.4) is 0 Å². The lowest BCUT2D eigenvalue weighted by Crippen LogP contribution is -2.22. The van der Waals surface area contributed by atoms with Crippen LogP contribution in [-0.4, -0.2) is 11.7 Å². The summed E-state index contributed by atoms with van der Waals surface area (Å²) in [5.74, 6) is 0.502. The van der Waals surface area contributed by atoms with Crippen molar-refractivity contribution in [1.29, 1.82) is 0 Å². The zero-order valence-electron chi connectivity index (χ0n) is 9.94. The minimum Gasteiger partial charge on any atom is -0.369 e. The molecule has 4 nitrogen and oxygen atoms in total. The van der Waals surface area contributed by atoms with Crippen molar-refractivity contribution in [3.8, 4) is 0 Å². The van der Waals surface area contributed by atoms with E-state index in [0.29, 0.717) is 5.92 Å². The normalized spacial score (nSPS) is 11.6. The van der Waals surface area contributed by atoms with Crippen molar-refractivity contribution in [3.05, 3.63) is 35.4 Å². The molecule has 0 aliphatic carbocycles. The van der Waals surface area contributed by atoms with Crippen LogP contribution >= 0.6 is 0 Å². The zero-order chi connectivity index (χ0) is 12.1. The van der Waals surface area contributed by atoms with E-state index in [0.717, 1.165) is 11.3 Å². The van der Waals surface area contributed by atoms with Gasteiger partial charge in [-0.25, -0.2) is 0 Å². The first-order chi connectivity index (χ1) is 7.50. The van der Waals surface area contributed by atoms with Crippen LogP contribution in [0.5, 0.6) is 0 Å². The molecule has 1 rings (SSSR count). The molecule has 4 heteroatoms. The number of rotatable bonds is 3. The summed E-state index contributed by atoms with van der Waals surface area (Å²) in [6, 6.07) is 8.23. The zero-order valence-corrected chi connectivity index (χ0v) is 9.94. The summed E-state index contributed by atoms with van der Waals surface area (Å²) in [6.45, 7) is 6.20. The van der Waals surface area contributed by atoms with Crippen LogP contribution in [-0.2, 0) is 0 Å². The van der Waals surface area contributed by atoms with E-state index in [1.165, 1.54) is 5.56 Å². The fraction of sp³-hybridized carbons (Fsp3) is 0.333. The molecule has 0 atom stereocenters. The molecule has 0 spiro atoms. The fourth-order valence-electron chi connectivity index (χ4n) is 1.30. The SMILES string of the molecule is C/C(=N/N=C(N)N)c1ccc(C(C)C)cc1.